The van der Waals surface area contributed by atoms with Gasteiger partial charge in [0.1, 0.15) is 5.82 Å². The van der Waals surface area contributed by atoms with Crippen LogP contribution in [0.15, 0.2) is 42.5 Å². The van der Waals surface area contributed by atoms with Crippen LogP contribution in [0, 0.1) is 12.7 Å². The molecule has 0 aliphatic rings. The SMILES string of the molecule is Cc1ccc(N(C)Cc2cccc(F)c2)cc1N. The van der Waals surface area contributed by atoms with E-state index in [2.05, 4.69) is 0 Å². The number of aryl methyl sites for hydroxylation is 1. The lowest BCUT2D eigenvalue weighted by Gasteiger charge is -2.20. The first kappa shape index (κ1) is 12.4. The third-order valence-electron chi connectivity index (χ3n) is 3.01. The van der Waals surface area contributed by atoms with Gasteiger partial charge in [-0.2, -0.15) is 0 Å². The molecular formula is C15H17FN2. The summed E-state index contributed by atoms with van der Waals surface area (Å²) in [5, 5.41) is 0. The van der Waals surface area contributed by atoms with Crippen molar-refractivity contribution in [3.05, 3.63) is 59.4 Å². The van der Waals surface area contributed by atoms with Gasteiger partial charge in [-0.15, -0.1) is 0 Å². The summed E-state index contributed by atoms with van der Waals surface area (Å²) in [5.74, 6) is -0.204. The molecule has 2 N–H and O–H groups in total. The van der Waals surface area contributed by atoms with Crippen molar-refractivity contribution in [2.24, 2.45) is 0 Å². The molecule has 18 heavy (non-hydrogen) atoms. The topological polar surface area (TPSA) is 29.3 Å². The molecule has 0 aliphatic heterocycles. The highest BCUT2D eigenvalue weighted by atomic mass is 19.1. The average molecular weight is 244 g/mol. The van der Waals surface area contributed by atoms with Crippen molar-refractivity contribution in [1.82, 2.24) is 0 Å². The number of hydrogen-bond acceptors (Lipinski definition) is 2. The predicted octanol–water partition coefficient (Wildman–Crippen LogP) is 3.35. The van der Waals surface area contributed by atoms with Gasteiger partial charge < -0.3 is 10.6 Å². The lowest BCUT2D eigenvalue weighted by Crippen LogP contribution is -2.16. The van der Waals surface area contributed by atoms with E-state index in [9.17, 15) is 4.39 Å². The molecule has 2 aromatic carbocycles. The van der Waals surface area contributed by atoms with E-state index >= 15 is 0 Å². The van der Waals surface area contributed by atoms with Gasteiger partial charge in [-0.25, -0.2) is 4.39 Å². The van der Waals surface area contributed by atoms with Gasteiger partial charge in [0.15, 0.2) is 0 Å². The minimum atomic E-state index is -0.204. The number of rotatable bonds is 3. The zero-order valence-corrected chi connectivity index (χ0v) is 10.7. The Morgan fingerprint density at radius 3 is 2.61 bits per heavy atom. The summed E-state index contributed by atoms with van der Waals surface area (Å²) in [6.07, 6.45) is 0. The van der Waals surface area contributed by atoms with Gasteiger partial charge in [0.25, 0.3) is 0 Å². The van der Waals surface area contributed by atoms with E-state index in [-0.39, 0.29) is 5.82 Å². The van der Waals surface area contributed by atoms with Crippen LogP contribution < -0.4 is 10.6 Å². The summed E-state index contributed by atoms with van der Waals surface area (Å²) in [6.45, 7) is 2.63. The van der Waals surface area contributed by atoms with Crippen LogP contribution in [0.25, 0.3) is 0 Å². The smallest absolute Gasteiger partial charge is 0.123 e. The van der Waals surface area contributed by atoms with Crippen molar-refractivity contribution in [1.29, 1.82) is 0 Å². The fraction of sp³-hybridized carbons (Fsp3) is 0.200. The Hall–Kier alpha value is -2.03. The molecule has 0 aromatic heterocycles. The third kappa shape index (κ3) is 2.80. The highest BCUT2D eigenvalue weighted by Gasteiger charge is 2.04. The maximum absolute atomic E-state index is 13.1. The molecule has 3 heteroatoms. The molecule has 0 heterocycles. The van der Waals surface area contributed by atoms with Crippen LogP contribution in [-0.2, 0) is 6.54 Å². The molecule has 2 rings (SSSR count). The van der Waals surface area contributed by atoms with Crippen LogP contribution in [0.1, 0.15) is 11.1 Å². The minimum absolute atomic E-state index is 0.204. The Balaban J connectivity index is 2.16. The molecule has 0 spiro atoms. The number of hydrogen-bond donors (Lipinski definition) is 1. The Bertz CT molecular complexity index is 552. The van der Waals surface area contributed by atoms with Crippen molar-refractivity contribution in [3.8, 4) is 0 Å². The summed E-state index contributed by atoms with van der Waals surface area (Å²) in [4.78, 5) is 2.05. The van der Waals surface area contributed by atoms with Crippen molar-refractivity contribution >= 4 is 11.4 Å². The number of nitrogen functional groups attached to an aromatic ring is 1. The molecule has 0 fully saturated rings. The summed E-state index contributed by atoms with van der Waals surface area (Å²) in [7, 11) is 1.97. The number of halogens is 1. The van der Waals surface area contributed by atoms with E-state index in [1.165, 1.54) is 6.07 Å². The van der Waals surface area contributed by atoms with Crippen molar-refractivity contribution in [2.75, 3.05) is 17.7 Å². The van der Waals surface area contributed by atoms with E-state index in [1.54, 1.807) is 12.1 Å². The normalized spacial score (nSPS) is 10.4. The van der Waals surface area contributed by atoms with E-state index in [0.29, 0.717) is 6.54 Å². The summed E-state index contributed by atoms with van der Waals surface area (Å²) in [6, 6.07) is 12.6. The monoisotopic (exact) mass is 244 g/mol. The van der Waals surface area contributed by atoms with E-state index in [4.69, 9.17) is 5.73 Å². The summed E-state index contributed by atoms with van der Waals surface area (Å²) in [5.41, 5.74) is 9.70. The highest BCUT2D eigenvalue weighted by molar-refractivity contribution is 5.59. The Kier molecular flexibility index (Phi) is 3.51. The molecule has 0 amide bonds. The molecule has 0 atom stereocenters. The first-order valence-electron chi connectivity index (χ1n) is 5.88. The van der Waals surface area contributed by atoms with Gasteiger partial charge >= 0.3 is 0 Å². The standard InChI is InChI=1S/C15H17FN2/c1-11-6-7-14(9-15(11)17)18(2)10-12-4-3-5-13(16)8-12/h3-9H,10,17H2,1-2H3. The summed E-state index contributed by atoms with van der Waals surface area (Å²) < 4.78 is 13.1. The Morgan fingerprint density at radius 2 is 1.94 bits per heavy atom. The molecule has 94 valence electrons. The number of benzene rings is 2. The van der Waals surface area contributed by atoms with Gasteiger partial charge in [-0.1, -0.05) is 18.2 Å². The molecule has 2 nitrogen and oxygen atoms in total. The van der Waals surface area contributed by atoms with Gasteiger partial charge in [0.2, 0.25) is 0 Å². The first-order valence-corrected chi connectivity index (χ1v) is 5.88. The Labute approximate surface area is 107 Å². The molecule has 0 bridgehead atoms. The highest BCUT2D eigenvalue weighted by Crippen LogP contribution is 2.21. The van der Waals surface area contributed by atoms with Gasteiger partial charge in [-0.05, 0) is 42.3 Å². The zero-order valence-electron chi connectivity index (χ0n) is 10.7. The third-order valence-corrected chi connectivity index (χ3v) is 3.01. The van der Waals surface area contributed by atoms with Gasteiger partial charge in [0, 0.05) is 25.0 Å². The second-order valence-electron chi connectivity index (χ2n) is 4.53. The van der Waals surface area contributed by atoms with Crippen molar-refractivity contribution in [2.45, 2.75) is 13.5 Å². The van der Waals surface area contributed by atoms with E-state index < -0.39 is 0 Å². The van der Waals surface area contributed by atoms with Crippen LogP contribution in [0.3, 0.4) is 0 Å². The molecule has 0 unspecified atom stereocenters. The quantitative estimate of drug-likeness (QED) is 0.839. The largest absolute Gasteiger partial charge is 0.398 e. The first-order chi connectivity index (χ1) is 8.56. The predicted molar refractivity (Wildman–Crippen MR) is 74.1 cm³/mol. The van der Waals surface area contributed by atoms with Crippen LogP contribution in [0.2, 0.25) is 0 Å². The van der Waals surface area contributed by atoms with E-state index in [0.717, 1.165) is 22.5 Å². The molecular weight excluding hydrogens is 227 g/mol. The zero-order chi connectivity index (χ0) is 13.1. The Morgan fingerprint density at radius 1 is 1.17 bits per heavy atom. The molecule has 0 saturated heterocycles. The fourth-order valence-corrected chi connectivity index (χ4v) is 1.87. The summed E-state index contributed by atoms with van der Waals surface area (Å²) >= 11 is 0. The minimum Gasteiger partial charge on any atom is -0.398 e. The van der Waals surface area contributed by atoms with Crippen molar-refractivity contribution in [3.63, 3.8) is 0 Å². The van der Waals surface area contributed by atoms with E-state index in [1.807, 2.05) is 43.1 Å². The lowest BCUT2D eigenvalue weighted by molar-refractivity contribution is 0.625. The molecule has 0 saturated carbocycles. The molecule has 0 radical (unpaired) electrons. The maximum Gasteiger partial charge on any atom is 0.123 e. The maximum atomic E-state index is 13.1. The van der Waals surface area contributed by atoms with Crippen LogP contribution in [0.4, 0.5) is 15.8 Å². The molecule has 0 aliphatic carbocycles. The second-order valence-corrected chi connectivity index (χ2v) is 4.53. The van der Waals surface area contributed by atoms with Gasteiger partial charge in [0.05, 0.1) is 0 Å². The number of nitrogens with two attached hydrogens (primary N) is 1. The number of anilines is 2. The van der Waals surface area contributed by atoms with Crippen LogP contribution in [-0.4, -0.2) is 7.05 Å². The van der Waals surface area contributed by atoms with Gasteiger partial charge in [-0.3, -0.25) is 0 Å². The lowest BCUT2D eigenvalue weighted by atomic mass is 10.1. The molecule has 2 aromatic rings. The second kappa shape index (κ2) is 5.08. The van der Waals surface area contributed by atoms with Crippen molar-refractivity contribution < 1.29 is 4.39 Å². The fourth-order valence-electron chi connectivity index (χ4n) is 1.87. The number of nitrogens with zero attached hydrogens (tertiary/aromatic N) is 1. The van der Waals surface area contributed by atoms with Crippen LogP contribution in [0.5, 0.6) is 0 Å². The average Bonchev–Trinajstić information content (AvgIpc) is 2.32. The van der Waals surface area contributed by atoms with Crippen LogP contribution >= 0.6 is 0 Å².